The van der Waals surface area contributed by atoms with Crippen LogP contribution in [0.15, 0.2) is 21.2 Å². The monoisotopic (exact) mass is 242 g/mol. The van der Waals surface area contributed by atoms with E-state index in [9.17, 15) is 0 Å². The van der Waals surface area contributed by atoms with Gasteiger partial charge in [0.15, 0.2) is 0 Å². The standard InChI is InChI=1S/C9H11BrN2O/c1-2-4-12-8(6-11)9-7(10)3-5-13-9/h1,3,5,8,12H,4,6,11H2. The van der Waals surface area contributed by atoms with Crippen molar-refractivity contribution in [3.8, 4) is 12.3 Å². The Labute approximate surface area is 85.8 Å². The van der Waals surface area contributed by atoms with Crippen LogP contribution in [0.1, 0.15) is 11.8 Å². The molecule has 0 saturated carbocycles. The zero-order valence-corrected chi connectivity index (χ0v) is 8.67. The highest BCUT2D eigenvalue weighted by molar-refractivity contribution is 9.10. The maximum Gasteiger partial charge on any atom is 0.136 e. The van der Waals surface area contributed by atoms with Gasteiger partial charge in [-0.2, -0.15) is 0 Å². The maximum absolute atomic E-state index is 5.56. The van der Waals surface area contributed by atoms with Crippen LogP contribution in [-0.2, 0) is 0 Å². The first-order valence-corrected chi connectivity index (χ1v) is 4.68. The Morgan fingerprint density at radius 2 is 2.54 bits per heavy atom. The first-order chi connectivity index (χ1) is 6.29. The molecule has 1 heterocycles. The van der Waals surface area contributed by atoms with Crippen LogP contribution in [0, 0.1) is 12.3 Å². The molecule has 0 aliphatic heterocycles. The second kappa shape index (κ2) is 5.07. The number of nitrogens with two attached hydrogens (primary N) is 1. The molecule has 0 fully saturated rings. The zero-order chi connectivity index (χ0) is 9.68. The number of hydrogen-bond acceptors (Lipinski definition) is 3. The lowest BCUT2D eigenvalue weighted by molar-refractivity contribution is 0.427. The van der Waals surface area contributed by atoms with Gasteiger partial charge in [0.2, 0.25) is 0 Å². The van der Waals surface area contributed by atoms with Gasteiger partial charge in [0.1, 0.15) is 5.76 Å². The lowest BCUT2D eigenvalue weighted by Crippen LogP contribution is -2.28. The molecular formula is C9H11BrN2O. The minimum Gasteiger partial charge on any atom is -0.466 e. The highest BCUT2D eigenvalue weighted by Crippen LogP contribution is 2.23. The molecule has 0 saturated heterocycles. The third kappa shape index (κ3) is 2.59. The van der Waals surface area contributed by atoms with Gasteiger partial charge in [0, 0.05) is 6.54 Å². The van der Waals surface area contributed by atoms with E-state index in [1.54, 1.807) is 6.26 Å². The van der Waals surface area contributed by atoms with Crippen LogP contribution in [0.4, 0.5) is 0 Å². The Morgan fingerprint density at radius 1 is 1.77 bits per heavy atom. The van der Waals surface area contributed by atoms with Gasteiger partial charge < -0.3 is 10.2 Å². The molecule has 1 rings (SSSR count). The molecule has 4 heteroatoms. The molecule has 1 aromatic rings. The fraction of sp³-hybridized carbons (Fsp3) is 0.333. The van der Waals surface area contributed by atoms with Crippen molar-refractivity contribution in [1.82, 2.24) is 5.32 Å². The van der Waals surface area contributed by atoms with Crippen LogP contribution in [0.2, 0.25) is 0 Å². The summed E-state index contributed by atoms with van der Waals surface area (Å²) in [5, 5.41) is 3.08. The molecule has 0 spiro atoms. The summed E-state index contributed by atoms with van der Waals surface area (Å²) in [6.45, 7) is 0.933. The molecule has 0 bridgehead atoms. The normalized spacial score (nSPS) is 12.4. The smallest absolute Gasteiger partial charge is 0.136 e. The molecule has 3 nitrogen and oxygen atoms in total. The Kier molecular flexibility index (Phi) is 4.03. The van der Waals surface area contributed by atoms with Crippen molar-refractivity contribution in [2.24, 2.45) is 5.73 Å². The number of rotatable bonds is 4. The zero-order valence-electron chi connectivity index (χ0n) is 7.09. The molecule has 1 unspecified atom stereocenters. The first kappa shape index (κ1) is 10.3. The van der Waals surface area contributed by atoms with Gasteiger partial charge in [-0.05, 0) is 22.0 Å². The van der Waals surface area contributed by atoms with Gasteiger partial charge in [-0.3, -0.25) is 5.32 Å². The number of terminal acetylenes is 1. The van der Waals surface area contributed by atoms with E-state index in [2.05, 4.69) is 27.2 Å². The molecule has 70 valence electrons. The summed E-state index contributed by atoms with van der Waals surface area (Å²) in [5.41, 5.74) is 5.56. The molecule has 13 heavy (non-hydrogen) atoms. The summed E-state index contributed by atoms with van der Waals surface area (Å²) in [7, 11) is 0. The van der Waals surface area contributed by atoms with Crippen LogP contribution in [0.25, 0.3) is 0 Å². The van der Waals surface area contributed by atoms with Crippen molar-refractivity contribution in [2.45, 2.75) is 6.04 Å². The van der Waals surface area contributed by atoms with E-state index in [1.165, 1.54) is 0 Å². The summed E-state index contributed by atoms with van der Waals surface area (Å²) >= 11 is 3.36. The quantitative estimate of drug-likeness (QED) is 0.783. The van der Waals surface area contributed by atoms with Gasteiger partial charge in [-0.1, -0.05) is 5.92 Å². The second-order valence-corrected chi connectivity index (χ2v) is 3.36. The predicted molar refractivity (Wildman–Crippen MR) is 55.0 cm³/mol. The third-order valence-electron chi connectivity index (χ3n) is 1.65. The van der Waals surface area contributed by atoms with Gasteiger partial charge in [-0.15, -0.1) is 6.42 Å². The minimum absolute atomic E-state index is 0.0274. The predicted octanol–water partition coefficient (Wildman–Crippen LogP) is 1.26. The van der Waals surface area contributed by atoms with Crippen LogP contribution >= 0.6 is 15.9 Å². The van der Waals surface area contributed by atoms with E-state index in [0.717, 1.165) is 10.2 Å². The Hall–Kier alpha value is -0.760. The lowest BCUT2D eigenvalue weighted by Gasteiger charge is -2.12. The third-order valence-corrected chi connectivity index (χ3v) is 2.30. The molecule has 0 amide bonds. The van der Waals surface area contributed by atoms with Crippen LogP contribution < -0.4 is 11.1 Å². The summed E-state index contributed by atoms with van der Waals surface area (Å²) in [6, 6.07) is 1.80. The van der Waals surface area contributed by atoms with E-state index in [4.69, 9.17) is 16.6 Å². The molecular weight excluding hydrogens is 232 g/mol. The molecule has 1 aromatic heterocycles. The fourth-order valence-corrected chi connectivity index (χ4v) is 1.50. The van der Waals surface area contributed by atoms with Crippen molar-refractivity contribution < 1.29 is 4.42 Å². The first-order valence-electron chi connectivity index (χ1n) is 3.89. The lowest BCUT2D eigenvalue weighted by atomic mass is 10.2. The average Bonchev–Trinajstić information content (AvgIpc) is 2.54. The summed E-state index contributed by atoms with van der Waals surface area (Å²) in [6.07, 6.45) is 6.74. The fourth-order valence-electron chi connectivity index (χ4n) is 1.02. The number of hydrogen-bond donors (Lipinski definition) is 2. The second-order valence-electron chi connectivity index (χ2n) is 2.51. The molecule has 0 aliphatic rings. The Morgan fingerprint density at radius 3 is 3.00 bits per heavy atom. The van der Waals surface area contributed by atoms with E-state index in [-0.39, 0.29) is 6.04 Å². The summed E-state index contributed by atoms with van der Waals surface area (Å²) < 4.78 is 6.17. The summed E-state index contributed by atoms with van der Waals surface area (Å²) in [4.78, 5) is 0. The van der Waals surface area contributed by atoms with Crippen LogP contribution in [0.5, 0.6) is 0 Å². The largest absolute Gasteiger partial charge is 0.466 e. The van der Waals surface area contributed by atoms with Crippen molar-refractivity contribution in [2.75, 3.05) is 13.1 Å². The van der Waals surface area contributed by atoms with Crippen LogP contribution in [-0.4, -0.2) is 13.1 Å². The molecule has 0 aliphatic carbocycles. The van der Waals surface area contributed by atoms with Gasteiger partial charge in [-0.25, -0.2) is 0 Å². The molecule has 3 N–H and O–H groups in total. The number of furan rings is 1. The van der Waals surface area contributed by atoms with E-state index in [0.29, 0.717) is 13.1 Å². The Bertz CT molecular complexity index is 303. The Balaban J connectivity index is 2.68. The number of halogens is 1. The van der Waals surface area contributed by atoms with E-state index < -0.39 is 0 Å². The minimum atomic E-state index is -0.0274. The maximum atomic E-state index is 5.56. The van der Waals surface area contributed by atoms with Crippen molar-refractivity contribution in [3.05, 3.63) is 22.6 Å². The van der Waals surface area contributed by atoms with Crippen molar-refractivity contribution in [3.63, 3.8) is 0 Å². The van der Waals surface area contributed by atoms with Crippen molar-refractivity contribution >= 4 is 15.9 Å². The highest BCUT2D eigenvalue weighted by Gasteiger charge is 2.14. The van der Waals surface area contributed by atoms with Crippen molar-refractivity contribution in [1.29, 1.82) is 0 Å². The SMILES string of the molecule is C#CCNC(CN)c1occc1Br. The van der Waals surface area contributed by atoms with Gasteiger partial charge >= 0.3 is 0 Å². The molecule has 1 atom stereocenters. The van der Waals surface area contributed by atoms with Crippen LogP contribution in [0.3, 0.4) is 0 Å². The topological polar surface area (TPSA) is 51.2 Å². The van der Waals surface area contributed by atoms with E-state index >= 15 is 0 Å². The molecule has 0 aromatic carbocycles. The van der Waals surface area contributed by atoms with E-state index in [1.807, 2.05) is 6.07 Å². The summed E-state index contributed by atoms with van der Waals surface area (Å²) in [5.74, 6) is 3.28. The highest BCUT2D eigenvalue weighted by atomic mass is 79.9. The van der Waals surface area contributed by atoms with Gasteiger partial charge in [0.05, 0.1) is 23.3 Å². The van der Waals surface area contributed by atoms with Gasteiger partial charge in [0.25, 0.3) is 0 Å². The average molecular weight is 243 g/mol. The number of nitrogens with one attached hydrogen (secondary N) is 1. The molecule has 0 radical (unpaired) electrons.